The Morgan fingerprint density at radius 3 is 1.24 bits per heavy atom. The number of nitrogens with one attached hydrogen (secondary N) is 1. The van der Waals surface area contributed by atoms with E-state index < -0.39 is 0 Å². The van der Waals surface area contributed by atoms with E-state index in [1.54, 1.807) is 70.6 Å². The number of anilines is 7. The molecule has 0 amide bonds. The maximum Gasteiger partial charge on any atom is 0.429 e. The summed E-state index contributed by atoms with van der Waals surface area (Å²) in [5.41, 5.74) is 16.1. The van der Waals surface area contributed by atoms with Gasteiger partial charge in [-0.3, -0.25) is 0 Å². The van der Waals surface area contributed by atoms with Crippen LogP contribution in [0.4, 0.5) is 118 Å². The van der Waals surface area contributed by atoms with Gasteiger partial charge in [0.05, 0.1) is 87.9 Å². The molecule has 1 fully saturated rings. The number of ether oxygens (including phenoxy) is 1. The second kappa shape index (κ2) is 61.9. The third-order valence-corrected chi connectivity index (χ3v) is 22.2. The zero-order valence-corrected chi connectivity index (χ0v) is 89.2. The molecular formula is C89H117Cl7N34O3S4. The van der Waals surface area contributed by atoms with Gasteiger partial charge in [0.25, 0.3) is 5.88 Å². The van der Waals surface area contributed by atoms with Gasteiger partial charge in [-0.2, -0.15) is 0 Å². The predicted octanol–water partition coefficient (Wildman–Crippen LogP) is -3.81. The summed E-state index contributed by atoms with van der Waals surface area (Å²) in [6, 6.07) is 58.9. The summed E-state index contributed by atoms with van der Waals surface area (Å²) in [5.74, 6) is 4.37. The summed E-state index contributed by atoms with van der Waals surface area (Å²) < 4.78 is 33.0. The molecule has 7 aromatic carbocycles. The van der Waals surface area contributed by atoms with Crippen molar-refractivity contribution in [3.8, 4) is 5.88 Å². The van der Waals surface area contributed by atoms with E-state index in [4.69, 9.17) is 9.26 Å². The Kier molecular flexibility index (Phi) is 54.6. The number of methoxy groups -OCH3 is 1. The smallest absolute Gasteiger partial charge is 0.429 e. The van der Waals surface area contributed by atoms with Crippen LogP contribution in [0.3, 0.4) is 0 Å². The molecule has 8 heterocycles. The van der Waals surface area contributed by atoms with Crippen LogP contribution in [0, 0.1) is 13.8 Å². The van der Waals surface area contributed by atoms with Gasteiger partial charge in [-0.15, -0.1) is 9.36 Å². The van der Waals surface area contributed by atoms with Crippen LogP contribution in [0.1, 0.15) is 17.1 Å². The Hall–Kier alpha value is -12.1. The Bertz CT molecular complexity index is 5760. The summed E-state index contributed by atoms with van der Waals surface area (Å²) in [5, 5.41) is 85.1. The van der Waals surface area contributed by atoms with Gasteiger partial charge in [0.1, 0.15) is 95.7 Å². The first-order valence-electron chi connectivity index (χ1n) is 40.9. The standard InChI is InChI=1S/C15H21N6.C15H20N5O2.C13H17N4O.C12H16N5S.C12H15N4S.2C11H14N5S.7ClH/c1-19-11-12-20(2)15(19)18-17-13-3-5-14(6-4-13)21-9-7-16-8-10-21;1-19(2)12-5-6-13(11(9-12)10-21)16-17-14-7-8-15(22-4)18-20(14)3;1-10-9-13(17(4)18-10)15-14-11-5-7-12(8-6-11)16(2)3;1-9-15-18-12(17(9)4)14-13-10-5-7-11(8-6-10)16(2)3;1-15(2)11-6-4-10(5-7-11)13-14-12-16(3)8-9-17-12;1-15(2)10-6-4-9(5-7-10)13-14-11-16(3)12-8-17-11;1-15(2)10-6-4-9(5-7-10)13-14-11-16(3)8-12-17-11;;;;;;;/h3-6,11-12,16H,7-10H2,1-2H3;5-9,21H,10H2,1-4H3;5-9H,1-4H3;5-8H,1-4H3;4-9H,1-3H3;2*4-8H,1-3H3;7*1H/q7*+1;;;;;;;/p-7. The molecule has 137 heavy (non-hydrogen) atoms. The number of hydrogen-bond acceptors (Lipinski definition) is 33. The molecule has 0 aliphatic carbocycles. The minimum atomic E-state index is -0.0942. The SMILES string of the molecule is CN(C)c1ccc(N=Nc2scc[n+]2C)cc1.CN(C)c1ccc(N=Nc2scn[n+]2C)cc1.CN(C)c1ccc(N=Nc2snc[n+]2C)cc1.COc1ccc(N=Nc2ccc(N(C)C)cc2CO)[n+](C)n1.Cc1cc(N=Nc2ccc(N(C)C)cc2)[n+](C)o1.Cc1nsc(N=Nc2ccc(N(C)C)cc2)[n+]1C.Cn1cc[n+](C)c1N=Nc1ccc(N2CCNCC2)cc1.[Cl-].[Cl-].[Cl-].[Cl-].[Cl-].[Cl-].[Cl-]. The van der Waals surface area contributed by atoms with E-state index in [-0.39, 0.29) is 93.5 Å². The minimum absolute atomic E-state index is 0. The molecule has 2 N–H and O–H groups in total. The van der Waals surface area contributed by atoms with Crippen molar-refractivity contribution < 1.29 is 134 Å². The molecule has 0 atom stereocenters. The quantitative estimate of drug-likeness (QED) is 0.0458. The summed E-state index contributed by atoms with van der Waals surface area (Å²) in [6.07, 6.45) is 7.60. The van der Waals surface area contributed by atoms with Gasteiger partial charge in [0, 0.05) is 196 Å². The number of aliphatic hydroxyl groups is 1. The lowest BCUT2D eigenvalue weighted by Gasteiger charge is -2.29. The van der Waals surface area contributed by atoms with Crippen LogP contribution in [-0.2, 0) is 63.0 Å². The van der Waals surface area contributed by atoms with E-state index in [2.05, 4.69) is 118 Å². The van der Waals surface area contributed by atoms with Crippen LogP contribution >= 0.6 is 45.7 Å². The van der Waals surface area contributed by atoms with Gasteiger partial charge in [0.2, 0.25) is 12.2 Å². The van der Waals surface area contributed by atoms with Crippen LogP contribution in [-0.4, -0.2) is 146 Å². The molecule has 37 nitrogen and oxygen atoms in total. The molecule has 0 spiro atoms. The van der Waals surface area contributed by atoms with Gasteiger partial charge in [-0.05, 0) is 228 Å². The van der Waals surface area contributed by atoms with E-state index in [0.29, 0.717) is 23.2 Å². The molecule has 0 saturated carbocycles. The molecule has 1 saturated heterocycles. The first-order valence-corrected chi connectivity index (χ1v) is 44.2. The van der Waals surface area contributed by atoms with Crippen molar-refractivity contribution in [1.82, 2.24) is 28.8 Å². The van der Waals surface area contributed by atoms with Crippen LogP contribution in [0.25, 0.3) is 0 Å². The average Bonchev–Trinajstić information content (AvgIpc) is 1.50. The Balaban J connectivity index is 0.000000537. The molecule has 734 valence electrons. The molecule has 0 radical (unpaired) electrons. The van der Waals surface area contributed by atoms with E-state index >= 15 is 0 Å². The van der Waals surface area contributed by atoms with Crippen molar-refractivity contribution >= 4 is 163 Å². The molecule has 14 aromatic rings. The van der Waals surface area contributed by atoms with Crippen LogP contribution in [0.15, 0.2) is 294 Å². The van der Waals surface area contributed by atoms with Crippen LogP contribution < -0.4 is 164 Å². The number of halogens is 7. The molecule has 15 rings (SSSR count). The highest BCUT2D eigenvalue weighted by Crippen LogP contribution is 2.31. The third-order valence-electron chi connectivity index (χ3n) is 19.0. The van der Waals surface area contributed by atoms with Crippen molar-refractivity contribution in [2.45, 2.75) is 20.5 Å². The zero-order valence-electron chi connectivity index (χ0n) is 80.6. The number of benzene rings is 7. The van der Waals surface area contributed by atoms with Crippen molar-refractivity contribution in [2.24, 2.45) is 128 Å². The van der Waals surface area contributed by atoms with Crippen molar-refractivity contribution in [2.75, 3.05) is 152 Å². The molecule has 1 aliphatic rings. The highest BCUT2D eigenvalue weighted by molar-refractivity contribution is 7.13. The van der Waals surface area contributed by atoms with E-state index in [1.807, 2.05) is 370 Å². The number of aromatic nitrogens is 12. The first-order chi connectivity index (χ1) is 62.4. The summed E-state index contributed by atoms with van der Waals surface area (Å²) in [7, 11) is 40.7. The fraction of sp³-hybridized carbons (Fsp3) is 0.315. The topological polar surface area (TPSA) is 334 Å². The summed E-state index contributed by atoms with van der Waals surface area (Å²) >= 11 is 5.70. The lowest BCUT2D eigenvalue weighted by Crippen LogP contribution is -3.00. The largest absolute Gasteiger partial charge is 1.00 e. The average molecular weight is 2090 g/mol. The molecule has 48 heteroatoms. The number of imidazole rings is 1. The molecular weight excluding hydrogens is 1970 g/mol. The number of rotatable bonds is 23. The van der Waals surface area contributed by atoms with E-state index in [1.165, 1.54) is 40.1 Å². The van der Waals surface area contributed by atoms with Crippen LogP contribution in [0.2, 0.25) is 0 Å². The number of thiazole rings is 1. The summed E-state index contributed by atoms with van der Waals surface area (Å²) in [6.45, 7) is 7.94. The number of hydrogen-bond donors (Lipinski definition) is 2. The molecule has 0 unspecified atom stereocenters. The van der Waals surface area contributed by atoms with Crippen molar-refractivity contribution in [3.05, 3.63) is 235 Å². The predicted molar refractivity (Wildman–Crippen MR) is 515 cm³/mol. The highest BCUT2D eigenvalue weighted by atomic mass is 35.5. The fourth-order valence-electron chi connectivity index (χ4n) is 11.2. The molecule has 1 aliphatic heterocycles. The monoisotopic (exact) mass is 2080 g/mol. The Morgan fingerprint density at radius 2 is 0.869 bits per heavy atom. The number of aliphatic hydroxyl groups excluding tert-OH is 1. The third kappa shape index (κ3) is 39.1. The molecule has 0 bridgehead atoms. The lowest BCUT2D eigenvalue weighted by molar-refractivity contribution is -0.835. The molecule has 7 aromatic heterocycles. The van der Waals surface area contributed by atoms with Crippen LogP contribution in [0.5, 0.6) is 5.88 Å². The maximum absolute atomic E-state index is 9.49. The van der Waals surface area contributed by atoms with Gasteiger partial charge in [0.15, 0.2) is 5.76 Å². The highest BCUT2D eigenvalue weighted by Gasteiger charge is 2.19. The Morgan fingerprint density at radius 1 is 0.438 bits per heavy atom. The minimum Gasteiger partial charge on any atom is -1.00 e. The van der Waals surface area contributed by atoms with Crippen molar-refractivity contribution in [1.29, 1.82) is 0 Å². The number of piperazine rings is 1. The number of aryl methyl sites for hydroxylation is 9. The Labute approximate surface area is 860 Å². The first kappa shape index (κ1) is 121. The normalized spacial score (nSPS) is 11.2. The van der Waals surface area contributed by atoms with Crippen molar-refractivity contribution in [3.63, 3.8) is 0 Å². The second-order valence-electron chi connectivity index (χ2n) is 30.2. The fourth-order valence-corrected chi connectivity index (χ4v) is 13.6. The van der Waals surface area contributed by atoms with Gasteiger partial charge in [-0.25, -0.2) is 22.8 Å². The maximum atomic E-state index is 9.49. The number of azo groups is 7. The van der Waals surface area contributed by atoms with E-state index in [9.17, 15) is 5.11 Å². The summed E-state index contributed by atoms with van der Waals surface area (Å²) in [4.78, 5) is 14.6. The van der Waals surface area contributed by atoms with Gasteiger partial charge >= 0.3 is 38.1 Å². The zero-order chi connectivity index (χ0) is 93.8. The second-order valence-corrected chi connectivity index (χ2v) is 33.3. The van der Waals surface area contributed by atoms with Gasteiger partial charge in [-0.1, -0.05) is 25.2 Å². The number of nitrogens with zero attached hydrogens (tertiary/aromatic N) is 33. The van der Waals surface area contributed by atoms with Gasteiger partial charge < -0.3 is 141 Å². The lowest BCUT2D eigenvalue weighted by atomic mass is 10.1. The van der Waals surface area contributed by atoms with E-state index in [0.717, 1.165) is 138 Å².